The summed E-state index contributed by atoms with van der Waals surface area (Å²) in [6.45, 7) is 2.40. The lowest BCUT2D eigenvalue weighted by Crippen LogP contribution is -2.46. The number of hydrogen-bond donors (Lipinski definition) is 2. The maximum absolute atomic E-state index is 12.7. The van der Waals surface area contributed by atoms with Crippen LogP contribution in [0.5, 0.6) is 0 Å². The molecule has 2 fully saturated rings. The molecule has 2 aromatic carbocycles. The van der Waals surface area contributed by atoms with E-state index in [-0.39, 0.29) is 23.8 Å². The number of benzene rings is 2. The van der Waals surface area contributed by atoms with Crippen molar-refractivity contribution < 1.29 is 24.2 Å². The van der Waals surface area contributed by atoms with Crippen LogP contribution < -0.4 is 5.32 Å². The van der Waals surface area contributed by atoms with E-state index >= 15 is 0 Å². The summed E-state index contributed by atoms with van der Waals surface area (Å²) in [5, 5.41) is 12.2. The molecule has 3 aliphatic carbocycles. The zero-order valence-electron chi connectivity index (χ0n) is 20.0. The minimum Gasteiger partial charge on any atom is -0.480 e. The monoisotopic (exact) mass is 476 g/mol. The van der Waals surface area contributed by atoms with Crippen LogP contribution in [0.3, 0.4) is 0 Å². The number of fused-ring (bicyclic) bond motifs is 3. The van der Waals surface area contributed by atoms with Gasteiger partial charge >= 0.3 is 12.1 Å². The molecule has 3 aliphatic rings. The van der Waals surface area contributed by atoms with Crippen molar-refractivity contribution >= 4 is 18.0 Å². The van der Waals surface area contributed by atoms with Gasteiger partial charge in [-0.25, -0.2) is 9.59 Å². The Morgan fingerprint density at radius 2 is 1.60 bits per heavy atom. The summed E-state index contributed by atoms with van der Waals surface area (Å²) in [7, 11) is 0. The van der Waals surface area contributed by atoms with Crippen LogP contribution in [0.1, 0.15) is 56.1 Å². The van der Waals surface area contributed by atoms with E-state index in [1.54, 1.807) is 11.8 Å². The molecule has 0 heterocycles. The molecule has 7 nitrogen and oxygen atoms in total. The van der Waals surface area contributed by atoms with Crippen molar-refractivity contribution in [3.05, 3.63) is 59.7 Å². The first kappa shape index (κ1) is 23.4. The fourth-order valence-electron chi connectivity index (χ4n) is 5.64. The number of hydrogen-bond acceptors (Lipinski definition) is 4. The lowest BCUT2D eigenvalue weighted by molar-refractivity contribution is -0.150. The number of alkyl carbamates (subject to hydrolysis) is 1. The van der Waals surface area contributed by atoms with Crippen LogP contribution in [0.15, 0.2) is 48.5 Å². The van der Waals surface area contributed by atoms with Gasteiger partial charge in [-0.2, -0.15) is 0 Å². The normalized spacial score (nSPS) is 21.3. The highest BCUT2D eigenvalue weighted by Crippen LogP contribution is 2.44. The van der Waals surface area contributed by atoms with Gasteiger partial charge in [0.15, 0.2) is 0 Å². The number of amides is 2. The molecule has 0 aliphatic heterocycles. The van der Waals surface area contributed by atoms with Crippen molar-refractivity contribution in [2.75, 3.05) is 13.2 Å². The molecular formula is C28H32N2O5. The quantitative estimate of drug-likeness (QED) is 0.559. The average Bonchev–Trinajstić information content (AvgIpc) is 3.61. The van der Waals surface area contributed by atoms with Crippen molar-refractivity contribution in [1.82, 2.24) is 10.2 Å². The van der Waals surface area contributed by atoms with Gasteiger partial charge in [-0.15, -0.1) is 0 Å². The topological polar surface area (TPSA) is 95.9 Å². The number of ether oxygens (including phenoxy) is 1. The minimum absolute atomic E-state index is 0.0369. The molecule has 35 heavy (non-hydrogen) atoms. The number of rotatable bonds is 9. The van der Waals surface area contributed by atoms with Gasteiger partial charge in [0.05, 0.1) is 0 Å². The number of nitrogens with zero attached hydrogens (tertiary/aromatic N) is 1. The van der Waals surface area contributed by atoms with Gasteiger partial charge in [-0.1, -0.05) is 48.5 Å². The highest BCUT2D eigenvalue weighted by molar-refractivity contribution is 5.84. The molecule has 0 aromatic heterocycles. The molecular weight excluding hydrogens is 444 g/mol. The summed E-state index contributed by atoms with van der Waals surface area (Å²) in [5.41, 5.74) is 4.77. The second-order valence-electron chi connectivity index (χ2n) is 10.2. The Bertz CT molecular complexity index is 1080. The van der Waals surface area contributed by atoms with Gasteiger partial charge < -0.3 is 20.1 Å². The zero-order valence-corrected chi connectivity index (χ0v) is 20.0. The van der Waals surface area contributed by atoms with Crippen molar-refractivity contribution in [2.45, 2.75) is 57.0 Å². The Morgan fingerprint density at radius 1 is 1.00 bits per heavy atom. The van der Waals surface area contributed by atoms with Crippen LogP contribution in [0.2, 0.25) is 0 Å². The summed E-state index contributed by atoms with van der Waals surface area (Å²) in [6.07, 6.45) is 3.46. The molecule has 0 spiro atoms. The Labute approximate surface area is 205 Å². The van der Waals surface area contributed by atoms with E-state index in [9.17, 15) is 19.5 Å². The van der Waals surface area contributed by atoms with Gasteiger partial charge in [0.1, 0.15) is 12.6 Å². The maximum Gasteiger partial charge on any atom is 0.407 e. The van der Waals surface area contributed by atoms with Gasteiger partial charge in [0.2, 0.25) is 5.91 Å². The first-order valence-electron chi connectivity index (χ1n) is 12.5. The SMILES string of the molecule is CC(C(=O)O)N(C(=O)CC1CC(CNC(=O)OCC2c3ccccc3-c3ccccc32)C1)C1CC1. The molecule has 2 saturated carbocycles. The van der Waals surface area contributed by atoms with E-state index in [4.69, 9.17) is 4.74 Å². The standard InChI is InChI=1S/C28H32N2O5/c1-17(27(32)33)30(20-10-11-20)26(31)14-18-12-19(13-18)15-29-28(34)35-16-25-23-8-4-2-6-21(23)22-7-3-5-9-24(22)25/h2-9,17-20,25H,10-16H2,1H3,(H,29,34)(H,32,33). The van der Waals surface area contributed by atoms with Crippen molar-refractivity contribution in [3.63, 3.8) is 0 Å². The Morgan fingerprint density at radius 3 is 2.17 bits per heavy atom. The molecule has 184 valence electrons. The number of carbonyl (C=O) groups is 3. The zero-order chi connectivity index (χ0) is 24.5. The largest absolute Gasteiger partial charge is 0.480 e. The molecule has 2 aromatic rings. The number of carboxylic acids is 1. The van der Waals surface area contributed by atoms with Crippen LogP contribution in [0.4, 0.5) is 4.79 Å². The molecule has 2 N–H and O–H groups in total. The average molecular weight is 477 g/mol. The fraction of sp³-hybridized carbons (Fsp3) is 0.464. The van der Waals surface area contributed by atoms with Crippen LogP contribution in [0, 0.1) is 11.8 Å². The predicted molar refractivity (Wildman–Crippen MR) is 131 cm³/mol. The number of carbonyl (C=O) groups excluding carboxylic acids is 2. The summed E-state index contributed by atoms with van der Waals surface area (Å²) < 4.78 is 5.60. The summed E-state index contributed by atoms with van der Waals surface area (Å²) in [6, 6.07) is 15.8. The second-order valence-corrected chi connectivity index (χ2v) is 10.2. The minimum atomic E-state index is -0.955. The molecule has 0 bridgehead atoms. The summed E-state index contributed by atoms with van der Waals surface area (Å²) in [5.74, 6) is -0.409. The van der Waals surface area contributed by atoms with Crippen molar-refractivity contribution in [2.24, 2.45) is 11.8 Å². The lowest BCUT2D eigenvalue weighted by Gasteiger charge is -2.37. The molecule has 0 radical (unpaired) electrons. The van der Waals surface area contributed by atoms with Gasteiger partial charge in [0.25, 0.3) is 0 Å². The van der Waals surface area contributed by atoms with Gasteiger partial charge in [0, 0.05) is 24.9 Å². The maximum atomic E-state index is 12.7. The van der Waals surface area contributed by atoms with E-state index < -0.39 is 18.1 Å². The van der Waals surface area contributed by atoms with E-state index in [2.05, 4.69) is 29.6 Å². The third-order valence-corrected chi connectivity index (χ3v) is 7.68. The molecule has 1 atom stereocenters. The molecule has 0 saturated heterocycles. The number of carboxylic acid groups (broad SMARTS) is 1. The lowest BCUT2D eigenvalue weighted by atomic mass is 9.73. The van der Waals surface area contributed by atoms with E-state index in [1.165, 1.54) is 22.3 Å². The third-order valence-electron chi connectivity index (χ3n) is 7.68. The van der Waals surface area contributed by atoms with E-state index in [0.717, 1.165) is 25.7 Å². The third kappa shape index (κ3) is 4.90. The smallest absolute Gasteiger partial charge is 0.407 e. The summed E-state index contributed by atoms with van der Waals surface area (Å²) in [4.78, 5) is 38.0. The Hall–Kier alpha value is -3.35. The highest BCUT2D eigenvalue weighted by atomic mass is 16.5. The van der Waals surface area contributed by atoms with Crippen LogP contribution in [-0.2, 0) is 14.3 Å². The molecule has 2 amide bonds. The first-order valence-corrected chi connectivity index (χ1v) is 12.5. The molecule has 5 rings (SSSR count). The Kier molecular flexibility index (Phi) is 6.50. The number of aliphatic carboxylic acids is 1. The second kappa shape index (κ2) is 9.72. The predicted octanol–water partition coefficient (Wildman–Crippen LogP) is 4.41. The van der Waals surface area contributed by atoms with Gasteiger partial charge in [-0.05, 0) is 66.7 Å². The van der Waals surface area contributed by atoms with E-state index in [0.29, 0.717) is 25.5 Å². The Balaban J connectivity index is 1.05. The van der Waals surface area contributed by atoms with Crippen molar-refractivity contribution in [3.8, 4) is 11.1 Å². The van der Waals surface area contributed by atoms with Crippen molar-refractivity contribution in [1.29, 1.82) is 0 Å². The van der Waals surface area contributed by atoms with Crippen LogP contribution >= 0.6 is 0 Å². The van der Waals surface area contributed by atoms with E-state index in [1.807, 2.05) is 24.3 Å². The number of nitrogens with one attached hydrogen (secondary N) is 1. The molecule has 7 heteroatoms. The van der Waals surface area contributed by atoms with Crippen LogP contribution in [-0.4, -0.2) is 53.2 Å². The molecule has 1 unspecified atom stereocenters. The highest BCUT2D eigenvalue weighted by Gasteiger charge is 2.40. The fourth-order valence-corrected chi connectivity index (χ4v) is 5.64. The summed E-state index contributed by atoms with van der Waals surface area (Å²) >= 11 is 0. The first-order chi connectivity index (χ1) is 16.9. The van der Waals surface area contributed by atoms with Gasteiger partial charge in [-0.3, -0.25) is 4.79 Å². The van der Waals surface area contributed by atoms with Crippen LogP contribution in [0.25, 0.3) is 11.1 Å².